The average Bonchev–Trinajstić information content (AvgIpc) is 2.93. The largest absolute Gasteiger partial charge is 0.271 e. The second-order valence-electron chi connectivity index (χ2n) is 4.44. The predicted octanol–water partition coefficient (Wildman–Crippen LogP) is 3.45. The number of rotatable bonds is 6. The molecule has 0 spiro atoms. The van der Waals surface area contributed by atoms with Gasteiger partial charge in [-0.1, -0.05) is 31.2 Å². The molecule has 3 N–H and O–H groups in total. The van der Waals surface area contributed by atoms with Gasteiger partial charge in [0.25, 0.3) is 0 Å². The molecule has 0 fully saturated rings. The van der Waals surface area contributed by atoms with Gasteiger partial charge in [-0.05, 0) is 52.8 Å². The van der Waals surface area contributed by atoms with E-state index >= 15 is 0 Å². The van der Waals surface area contributed by atoms with Crippen LogP contribution in [0, 0.1) is 0 Å². The minimum atomic E-state index is 0.237. The molecule has 1 aromatic carbocycles. The highest BCUT2D eigenvalue weighted by Gasteiger charge is 2.12. The van der Waals surface area contributed by atoms with Crippen LogP contribution < -0.4 is 11.3 Å². The van der Waals surface area contributed by atoms with E-state index in [0.29, 0.717) is 0 Å². The van der Waals surface area contributed by atoms with Crippen LogP contribution in [-0.2, 0) is 12.8 Å². The van der Waals surface area contributed by atoms with Crippen LogP contribution in [-0.4, -0.2) is 0 Å². The summed E-state index contributed by atoms with van der Waals surface area (Å²) in [4.78, 5) is 0. The van der Waals surface area contributed by atoms with Crippen molar-refractivity contribution in [3.05, 3.63) is 57.8 Å². The van der Waals surface area contributed by atoms with Gasteiger partial charge in [0.15, 0.2) is 0 Å². The van der Waals surface area contributed by atoms with E-state index in [1.165, 1.54) is 16.7 Å². The second kappa shape index (κ2) is 6.69. The lowest BCUT2D eigenvalue weighted by Gasteiger charge is -2.19. The maximum absolute atomic E-state index is 5.72. The van der Waals surface area contributed by atoms with Crippen LogP contribution in [0.25, 0.3) is 0 Å². The van der Waals surface area contributed by atoms with E-state index in [9.17, 15) is 0 Å². The Kier molecular flexibility index (Phi) is 4.93. The number of hydrazine groups is 1. The van der Waals surface area contributed by atoms with Gasteiger partial charge < -0.3 is 0 Å². The molecule has 2 nitrogen and oxygen atoms in total. The number of aryl methyl sites for hydroxylation is 2. The average molecular weight is 260 g/mol. The molecule has 0 aliphatic carbocycles. The van der Waals surface area contributed by atoms with Crippen molar-refractivity contribution in [3.63, 3.8) is 0 Å². The van der Waals surface area contributed by atoms with Gasteiger partial charge in [0, 0.05) is 6.04 Å². The van der Waals surface area contributed by atoms with Crippen molar-refractivity contribution < 1.29 is 0 Å². The van der Waals surface area contributed by atoms with Gasteiger partial charge in [-0.25, -0.2) is 0 Å². The number of nitrogens with two attached hydrogens (primary N) is 1. The number of hydrogen-bond acceptors (Lipinski definition) is 3. The summed E-state index contributed by atoms with van der Waals surface area (Å²) in [5.41, 5.74) is 7.07. The fourth-order valence-corrected chi connectivity index (χ4v) is 2.97. The molecule has 0 aliphatic heterocycles. The smallest absolute Gasteiger partial charge is 0.0465 e. The molecule has 0 saturated heterocycles. The molecule has 1 aromatic heterocycles. The van der Waals surface area contributed by atoms with Crippen LogP contribution >= 0.6 is 11.3 Å². The molecular weight excluding hydrogens is 240 g/mol. The lowest BCUT2D eigenvalue weighted by Crippen LogP contribution is -2.29. The van der Waals surface area contributed by atoms with E-state index in [4.69, 9.17) is 5.84 Å². The monoisotopic (exact) mass is 260 g/mol. The molecule has 1 unspecified atom stereocenters. The van der Waals surface area contributed by atoms with E-state index in [-0.39, 0.29) is 6.04 Å². The number of nitrogens with one attached hydrogen (secondary N) is 1. The third kappa shape index (κ3) is 3.19. The summed E-state index contributed by atoms with van der Waals surface area (Å²) in [7, 11) is 0. The summed E-state index contributed by atoms with van der Waals surface area (Å²) in [5.74, 6) is 5.72. The van der Waals surface area contributed by atoms with Crippen molar-refractivity contribution >= 4 is 11.3 Å². The van der Waals surface area contributed by atoms with Crippen LogP contribution in [0.1, 0.15) is 36.1 Å². The topological polar surface area (TPSA) is 38.0 Å². The first-order valence-corrected chi connectivity index (χ1v) is 7.34. The van der Waals surface area contributed by atoms with Crippen LogP contribution in [0.5, 0.6) is 0 Å². The van der Waals surface area contributed by atoms with Gasteiger partial charge in [-0.15, -0.1) is 0 Å². The quantitative estimate of drug-likeness (QED) is 0.616. The van der Waals surface area contributed by atoms with Crippen molar-refractivity contribution in [2.24, 2.45) is 5.84 Å². The zero-order valence-electron chi connectivity index (χ0n) is 10.7. The summed E-state index contributed by atoms with van der Waals surface area (Å²) in [6.07, 6.45) is 3.15. The maximum atomic E-state index is 5.72. The van der Waals surface area contributed by atoms with Crippen LogP contribution in [0.3, 0.4) is 0 Å². The molecule has 1 atom stereocenters. The van der Waals surface area contributed by atoms with Crippen LogP contribution in [0.2, 0.25) is 0 Å². The van der Waals surface area contributed by atoms with Crippen molar-refractivity contribution in [2.75, 3.05) is 0 Å². The van der Waals surface area contributed by atoms with Gasteiger partial charge in [-0.2, -0.15) is 11.3 Å². The molecule has 1 heterocycles. The summed E-state index contributed by atoms with van der Waals surface area (Å²) in [6.45, 7) is 2.19. The van der Waals surface area contributed by atoms with Gasteiger partial charge in [0.2, 0.25) is 0 Å². The Morgan fingerprint density at radius 3 is 2.78 bits per heavy atom. The Bertz CT molecular complexity index is 465. The van der Waals surface area contributed by atoms with E-state index < -0.39 is 0 Å². The zero-order chi connectivity index (χ0) is 12.8. The summed E-state index contributed by atoms with van der Waals surface area (Å²) < 4.78 is 0. The van der Waals surface area contributed by atoms with Crippen LogP contribution in [0.15, 0.2) is 41.1 Å². The van der Waals surface area contributed by atoms with Crippen LogP contribution in [0.4, 0.5) is 0 Å². The molecule has 0 saturated carbocycles. The molecule has 96 valence electrons. The van der Waals surface area contributed by atoms with E-state index in [0.717, 1.165) is 19.3 Å². The van der Waals surface area contributed by atoms with E-state index in [1.54, 1.807) is 11.3 Å². The first-order chi connectivity index (χ1) is 8.85. The Morgan fingerprint density at radius 1 is 1.28 bits per heavy atom. The molecule has 0 aliphatic rings. The highest BCUT2D eigenvalue weighted by Crippen LogP contribution is 2.23. The zero-order valence-corrected chi connectivity index (χ0v) is 11.5. The van der Waals surface area contributed by atoms with Gasteiger partial charge >= 0.3 is 0 Å². The maximum Gasteiger partial charge on any atom is 0.0465 e. The molecule has 18 heavy (non-hydrogen) atoms. The van der Waals surface area contributed by atoms with Crippen molar-refractivity contribution in [2.45, 2.75) is 32.2 Å². The fraction of sp³-hybridized carbons (Fsp3) is 0.333. The van der Waals surface area contributed by atoms with Gasteiger partial charge in [-0.3, -0.25) is 11.3 Å². The Balaban J connectivity index is 2.08. The molecule has 2 aromatic rings. The SMILES string of the molecule is CCc1ccccc1C(CCc1ccsc1)NN. The lowest BCUT2D eigenvalue weighted by atomic mass is 9.95. The summed E-state index contributed by atoms with van der Waals surface area (Å²) in [5, 5.41) is 4.33. The molecule has 0 bridgehead atoms. The van der Waals surface area contributed by atoms with Crippen molar-refractivity contribution in [1.29, 1.82) is 0 Å². The third-order valence-corrected chi connectivity index (χ3v) is 4.05. The number of hydrogen-bond donors (Lipinski definition) is 2. The first kappa shape index (κ1) is 13.3. The first-order valence-electron chi connectivity index (χ1n) is 6.40. The van der Waals surface area contributed by atoms with E-state index in [2.05, 4.69) is 53.4 Å². The molecule has 2 rings (SSSR count). The Hall–Kier alpha value is -1.16. The fourth-order valence-electron chi connectivity index (χ4n) is 2.27. The van der Waals surface area contributed by atoms with Crippen molar-refractivity contribution in [3.8, 4) is 0 Å². The molecule has 3 heteroatoms. The Morgan fingerprint density at radius 2 is 2.11 bits per heavy atom. The van der Waals surface area contributed by atoms with Gasteiger partial charge in [0.1, 0.15) is 0 Å². The third-order valence-electron chi connectivity index (χ3n) is 3.31. The molecule has 0 amide bonds. The standard InChI is InChI=1S/C15H20N2S/c1-2-13-5-3-4-6-14(13)15(17-16)8-7-12-9-10-18-11-12/h3-6,9-11,15,17H,2,7-8,16H2,1H3. The second-order valence-corrected chi connectivity index (χ2v) is 5.22. The molecular formula is C15H20N2S. The number of benzene rings is 1. The van der Waals surface area contributed by atoms with Crippen molar-refractivity contribution in [1.82, 2.24) is 5.43 Å². The van der Waals surface area contributed by atoms with E-state index in [1.807, 2.05) is 0 Å². The minimum absolute atomic E-state index is 0.237. The normalized spacial score (nSPS) is 12.6. The minimum Gasteiger partial charge on any atom is -0.271 e. The van der Waals surface area contributed by atoms with Gasteiger partial charge in [0.05, 0.1) is 0 Å². The highest BCUT2D eigenvalue weighted by atomic mass is 32.1. The summed E-state index contributed by atoms with van der Waals surface area (Å²) in [6, 6.07) is 11.0. The predicted molar refractivity (Wildman–Crippen MR) is 78.5 cm³/mol. The number of thiophene rings is 1. The Labute approximate surface area is 113 Å². The lowest BCUT2D eigenvalue weighted by molar-refractivity contribution is 0.513. The highest BCUT2D eigenvalue weighted by molar-refractivity contribution is 7.07. The molecule has 0 radical (unpaired) electrons. The summed E-state index contributed by atoms with van der Waals surface area (Å²) >= 11 is 1.75.